The number of aromatic nitrogens is 2. The summed E-state index contributed by atoms with van der Waals surface area (Å²) in [4.78, 5) is 9.63. The average Bonchev–Trinajstić information content (AvgIpc) is 2.84. The molecule has 0 spiro atoms. The van der Waals surface area contributed by atoms with Gasteiger partial charge in [-0.15, -0.1) is 23.5 Å². The van der Waals surface area contributed by atoms with Gasteiger partial charge in [0.15, 0.2) is 0 Å². The van der Waals surface area contributed by atoms with Crippen LogP contribution >= 0.6 is 23.5 Å². The van der Waals surface area contributed by atoms with Crippen LogP contribution in [0.3, 0.4) is 0 Å². The zero-order valence-electron chi connectivity index (χ0n) is 21.0. The predicted octanol–water partition coefficient (Wildman–Crippen LogP) is 3.78. The van der Waals surface area contributed by atoms with E-state index < -0.39 is 12.6 Å². The standard InChI is InChI=1S/C13H18N2O3S.C10H12N2O3S.Na.H/c1-8(2)18-12-9(7-14)11(19-5)6-10(15-12)13(16-3)17-4;1-14-10(15-2)7-4-8(16-3)6(5-11)9(13)12-7;;/h6,8,13H,1-5H3;4,10H,1-3H3,(H,12,13);;. The molecule has 0 bridgehead atoms. The van der Waals surface area contributed by atoms with Gasteiger partial charge in [0.05, 0.1) is 6.10 Å². The van der Waals surface area contributed by atoms with E-state index in [9.17, 15) is 10.4 Å². The van der Waals surface area contributed by atoms with E-state index in [1.165, 1.54) is 52.0 Å². The van der Waals surface area contributed by atoms with Gasteiger partial charge in [-0.1, -0.05) is 0 Å². The van der Waals surface area contributed by atoms with Crippen molar-refractivity contribution in [1.29, 1.82) is 10.5 Å². The van der Waals surface area contributed by atoms with Gasteiger partial charge in [-0.05, 0) is 38.5 Å². The van der Waals surface area contributed by atoms with Gasteiger partial charge >= 0.3 is 29.6 Å². The fourth-order valence-corrected chi connectivity index (χ4v) is 3.96. The molecule has 0 saturated heterocycles. The van der Waals surface area contributed by atoms with Gasteiger partial charge in [0, 0.05) is 38.2 Å². The Morgan fingerprint density at radius 1 is 0.806 bits per heavy atom. The summed E-state index contributed by atoms with van der Waals surface area (Å²) in [7, 11) is 6.03. The summed E-state index contributed by atoms with van der Waals surface area (Å²) in [6.07, 6.45) is 2.42. The van der Waals surface area contributed by atoms with Gasteiger partial charge in [-0.25, -0.2) is 9.97 Å². The minimum absolute atomic E-state index is 0. The third-order valence-corrected chi connectivity index (χ3v) is 5.83. The molecule has 0 aliphatic heterocycles. The Hall–Kier alpha value is -1.58. The number of hydrogen-bond acceptors (Lipinski definition) is 12. The summed E-state index contributed by atoms with van der Waals surface area (Å²) in [6, 6.07) is 7.49. The van der Waals surface area contributed by atoms with Crippen LogP contribution in [0.2, 0.25) is 0 Å². The van der Waals surface area contributed by atoms with Crippen LogP contribution in [0.5, 0.6) is 11.8 Å². The van der Waals surface area contributed by atoms with Crippen molar-refractivity contribution in [3.8, 4) is 23.9 Å². The first-order valence-electron chi connectivity index (χ1n) is 10.2. The van der Waals surface area contributed by atoms with Gasteiger partial charge in [-0.2, -0.15) is 10.5 Å². The molecule has 10 nitrogen and oxygen atoms in total. The second kappa shape index (κ2) is 17.8. The van der Waals surface area contributed by atoms with Crippen LogP contribution in [0, 0.1) is 22.7 Å². The molecule has 0 radical (unpaired) electrons. The SMILES string of the molecule is COC(OC)c1cc(SC)c(C#N)c(O)n1.COC(OC)c1cc(SC)c(C#N)c(OC(C)C)n1.[NaH]. The molecule has 2 rings (SSSR count). The van der Waals surface area contributed by atoms with Crippen molar-refractivity contribution in [3.63, 3.8) is 0 Å². The third kappa shape index (κ3) is 9.38. The van der Waals surface area contributed by atoms with Crippen molar-refractivity contribution in [2.24, 2.45) is 0 Å². The maximum atomic E-state index is 9.59. The van der Waals surface area contributed by atoms with E-state index in [2.05, 4.69) is 16.0 Å². The van der Waals surface area contributed by atoms with Gasteiger partial charge < -0.3 is 28.8 Å². The zero-order valence-corrected chi connectivity index (χ0v) is 22.6. The van der Waals surface area contributed by atoms with E-state index >= 15 is 0 Å². The topological polar surface area (TPSA) is 140 Å². The summed E-state index contributed by atoms with van der Waals surface area (Å²) in [5.41, 5.74) is 1.63. The van der Waals surface area contributed by atoms with Gasteiger partial charge in [0.2, 0.25) is 24.3 Å². The number of aromatic hydroxyl groups is 1. The fourth-order valence-electron chi connectivity index (χ4n) is 2.80. The molecule has 2 aromatic heterocycles. The fraction of sp³-hybridized carbons (Fsp3) is 0.478. The molecule has 0 fully saturated rings. The van der Waals surface area contributed by atoms with E-state index in [0.717, 1.165) is 4.90 Å². The number of thioether (sulfide) groups is 2. The molecule has 13 heteroatoms. The molecule has 0 aliphatic carbocycles. The Morgan fingerprint density at radius 3 is 1.58 bits per heavy atom. The molecule has 0 aliphatic rings. The summed E-state index contributed by atoms with van der Waals surface area (Å²) < 4.78 is 26.0. The number of nitriles is 2. The second-order valence-electron chi connectivity index (χ2n) is 6.87. The van der Waals surface area contributed by atoms with Crippen LogP contribution in [-0.4, -0.2) is 91.7 Å². The third-order valence-electron chi connectivity index (χ3n) is 4.30. The molecule has 2 heterocycles. The first kappa shape index (κ1) is 34.4. The molecule has 36 heavy (non-hydrogen) atoms. The molecule has 0 saturated carbocycles. The summed E-state index contributed by atoms with van der Waals surface area (Å²) in [5, 5.41) is 27.7. The van der Waals surface area contributed by atoms with E-state index in [-0.39, 0.29) is 47.1 Å². The summed E-state index contributed by atoms with van der Waals surface area (Å²) in [6.45, 7) is 3.77. The molecule has 0 aromatic carbocycles. The quantitative estimate of drug-likeness (QED) is 0.263. The summed E-state index contributed by atoms with van der Waals surface area (Å²) in [5.74, 6) is 0.0156. The molecule has 1 N–H and O–H groups in total. The van der Waals surface area contributed by atoms with E-state index in [1.807, 2.05) is 32.4 Å². The number of ether oxygens (including phenoxy) is 5. The Balaban J connectivity index is 0.000000671. The van der Waals surface area contributed by atoms with Crippen molar-refractivity contribution in [3.05, 3.63) is 34.6 Å². The van der Waals surface area contributed by atoms with Gasteiger partial charge in [-0.3, -0.25) is 0 Å². The van der Waals surface area contributed by atoms with Crippen LogP contribution in [0.25, 0.3) is 0 Å². The molecule has 0 atom stereocenters. The van der Waals surface area contributed by atoms with Crippen LogP contribution in [0.1, 0.15) is 48.9 Å². The molecule has 192 valence electrons. The number of nitrogens with zero attached hydrogens (tertiary/aromatic N) is 4. The normalized spacial score (nSPS) is 10.4. The predicted molar refractivity (Wildman–Crippen MR) is 140 cm³/mol. The molecule has 0 amide bonds. The zero-order chi connectivity index (χ0) is 26.5. The van der Waals surface area contributed by atoms with Crippen molar-refractivity contribution in [1.82, 2.24) is 9.97 Å². The number of methoxy groups -OCH3 is 4. The summed E-state index contributed by atoms with van der Waals surface area (Å²) >= 11 is 2.81. The van der Waals surface area contributed by atoms with Gasteiger partial charge in [0.25, 0.3) is 0 Å². The van der Waals surface area contributed by atoms with E-state index in [0.29, 0.717) is 27.7 Å². The molecule has 0 unspecified atom stereocenters. The Kier molecular flexibility index (Phi) is 17.0. The average molecular weight is 547 g/mol. The van der Waals surface area contributed by atoms with Crippen molar-refractivity contribution in [2.45, 2.75) is 42.3 Å². The minimum atomic E-state index is -0.649. The van der Waals surface area contributed by atoms with Crippen LogP contribution in [0.4, 0.5) is 0 Å². The van der Waals surface area contributed by atoms with Crippen LogP contribution in [-0.2, 0) is 18.9 Å². The van der Waals surface area contributed by atoms with E-state index in [1.54, 1.807) is 12.1 Å². The number of hydrogen-bond donors (Lipinski definition) is 1. The monoisotopic (exact) mass is 546 g/mol. The number of pyridine rings is 2. The van der Waals surface area contributed by atoms with Crippen molar-refractivity contribution < 1.29 is 28.8 Å². The van der Waals surface area contributed by atoms with Gasteiger partial charge in [0.1, 0.15) is 34.7 Å². The molecular formula is C23H31N4NaO6S2. The Morgan fingerprint density at radius 2 is 1.22 bits per heavy atom. The first-order valence-corrected chi connectivity index (χ1v) is 12.6. The van der Waals surface area contributed by atoms with Crippen LogP contribution in [0.15, 0.2) is 21.9 Å². The van der Waals surface area contributed by atoms with Crippen LogP contribution < -0.4 is 4.74 Å². The Labute approximate surface area is 242 Å². The van der Waals surface area contributed by atoms with E-state index in [4.69, 9.17) is 28.9 Å². The molecule has 2 aromatic rings. The number of rotatable bonds is 10. The first-order chi connectivity index (χ1) is 16.7. The van der Waals surface area contributed by atoms with Crippen molar-refractivity contribution >= 4 is 53.1 Å². The maximum absolute atomic E-state index is 9.59. The Bertz CT molecular complexity index is 1050. The van der Waals surface area contributed by atoms with Crippen molar-refractivity contribution in [2.75, 3.05) is 41.0 Å². The molecular weight excluding hydrogens is 515 g/mol. The second-order valence-corrected chi connectivity index (χ2v) is 8.57.